The van der Waals surface area contributed by atoms with E-state index in [0.717, 1.165) is 11.1 Å². The molecule has 132 valence electrons. The first-order valence-corrected chi connectivity index (χ1v) is 8.23. The Balaban J connectivity index is 2.08. The molecule has 0 unspecified atom stereocenters. The van der Waals surface area contributed by atoms with E-state index in [4.69, 9.17) is 4.74 Å². The number of carbonyl (C=O) groups excluding carboxylic acids is 1. The number of hydrogen-bond donors (Lipinski definition) is 2. The van der Waals surface area contributed by atoms with Crippen molar-refractivity contribution in [1.29, 1.82) is 0 Å². The molecule has 26 heavy (non-hydrogen) atoms. The molecule has 0 aliphatic carbocycles. The third-order valence-electron chi connectivity index (χ3n) is 4.79. The van der Waals surface area contributed by atoms with Crippen molar-refractivity contribution in [3.63, 3.8) is 0 Å². The number of fused-ring (bicyclic) bond motifs is 1. The Bertz CT molecular complexity index is 1090. The van der Waals surface area contributed by atoms with Crippen LogP contribution in [0.5, 0.6) is 0 Å². The molecular formula is C19H17N3O4. The predicted octanol–water partition coefficient (Wildman–Crippen LogP) is 1.40. The third kappa shape index (κ3) is 2.24. The second-order valence-electron chi connectivity index (χ2n) is 6.30. The van der Waals surface area contributed by atoms with Crippen molar-refractivity contribution in [3.05, 3.63) is 85.7 Å². The number of anilines is 1. The summed E-state index contributed by atoms with van der Waals surface area (Å²) < 4.78 is 6.60. The Morgan fingerprint density at radius 1 is 1.31 bits per heavy atom. The first-order chi connectivity index (χ1) is 12.5. The number of allylic oxidation sites excluding steroid dienone is 1. The van der Waals surface area contributed by atoms with Gasteiger partial charge in [0.2, 0.25) is 0 Å². The standard InChI is InChI=1S/C19H17N3O4/c1-3-8-22-16-15(17(23)21-19(22)25)13(11-7-5-4-6-10(11)2)14-12(20-16)9-26-18(14)24/h3-7,13,20H,1,8-9H2,2H3,(H,21,23,25)/t13-/m0/s1. The normalized spacial score (nSPS) is 18.0. The minimum atomic E-state index is -0.599. The average Bonchev–Trinajstić information content (AvgIpc) is 2.98. The zero-order chi connectivity index (χ0) is 18.4. The molecule has 1 atom stereocenters. The van der Waals surface area contributed by atoms with Crippen LogP contribution in [0.25, 0.3) is 0 Å². The summed E-state index contributed by atoms with van der Waals surface area (Å²) in [5, 5.41) is 3.07. The van der Waals surface area contributed by atoms with E-state index in [-0.39, 0.29) is 13.2 Å². The number of carbonyl (C=O) groups is 1. The number of H-pyrrole nitrogens is 1. The number of aromatic nitrogens is 2. The summed E-state index contributed by atoms with van der Waals surface area (Å²) in [6, 6.07) is 7.56. The van der Waals surface area contributed by atoms with Gasteiger partial charge < -0.3 is 10.1 Å². The minimum absolute atomic E-state index is 0.0884. The number of aryl methyl sites for hydroxylation is 1. The lowest BCUT2D eigenvalue weighted by Gasteiger charge is -2.28. The highest BCUT2D eigenvalue weighted by atomic mass is 16.5. The van der Waals surface area contributed by atoms with Crippen LogP contribution in [0.2, 0.25) is 0 Å². The smallest absolute Gasteiger partial charge is 0.337 e. The zero-order valence-electron chi connectivity index (χ0n) is 14.2. The summed E-state index contributed by atoms with van der Waals surface area (Å²) in [5.41, 5.74) is 2.06. The first kappa shape index (κ1) is 16.1. The lowest BCUT2D eigenvalue weighted by molar-refractivity contribution is -0.136. The summed E-state index contributed by atoms with van der Waals surface area (Å²) in [4.78, 5) is 39.7. The largest absolute Gasteiger partial charge is 0.456 e. The molecule has 0 amide bonds. The van der Waals surface area contributed by atoms with Gasteiger partial charge in [0.15, 0.2) is 0 Å². The quantitative estimate of drug-likeness (QED) is 0.644. The number of aromatic amines is 1. The molecular weight excluding hydrogens is 334 g/mol. The third-order valence-corrected chi connectivity index (χ3v) is 4.79. The summed E-state index contributed by atoms with van der Waals surface area (Å²) in [7, 11) is 0. The maximum absolute atomic E-state index is 12.7. The molecule has 4 rings (SSSR count). The highest BCUT2D eigenvalue weighted by Crippen LogP contribution is 2.43. The predicted molar refractivity (Wildman–Crippen MR) is 96.1 cm³/mol. The van der Waals surface area contributed by atoms with Gasteiger partial charge >= 0.3 is 11.7 Å². The molecule has 2 N–H and O–H groups in total. The van der Waals surface area contributed by atoms with Gasteiger partial charge in [0.25, 0.3) is 5.56 Å². The number of benzene rings is 1. The average molecular weight is 351 g/mol. The van der Waals surface area contributed by atoms with Gasteiger partial charge in [-0.2, -0.15) is 0 Å². The van der Waals surface area contributed by atoms with E-state index in [1.807, 2.05) is 31.2 Å². The fourth-order valence-electron chi connectivity index (χ4n) is 3.61. The Labute approximate surface area is 148 Å². The Morgan fingerprint density at radius 3 is 2.81 bits per heavy atom. The SMILES string of the molecule is C=CCn1c2c(c(=O)[nH]c1=O)[C@@H](c1ccccc1C)C1=C(COC1=O)N2. The number of hydrogen-bond acceptors (Lipinski definition) is 5. The minimum Gasteiger partial charge on any atom is -0.456 e. The molecule has 7 heteroatoms. The van der Waals surface area contributed by atoms with Crippen molar-refractivity contribution >= 4 is 11.8 Å². The Hall–Kier alpha value is -3.35. The summed E-state index contributed by atoms with van der Waals surface area (Å²) in [5.74, 6) is -0.672. The van der Waals surface area contributed by atoms with Crippen LogP contribution in [0.15, 0.2) is 57.8 Å². The van der Waals surface area contributed by atoms with Gasteiger partial charge in [-0.05, 0) is 18.1 Å². The Kier molecular flexibility index (Phi) is 3.64. The molecule has 1 aromatic carbocycles. The number of ether oxygens (including phenoxy) is 1. The molecule has 0 fully saturated rings. The van der Waals surface area contributed by atoms with Gasteiger partial charge in [0.1, 0.15) is 12.4 Å². The van der Waals surface area contributed by atoms with Crippen molar-refractivity contribution < 1.29 is 9.53 Å². The molecule has 2 aliphatic heterocycles. The zero-order valence-corrected chi connectivity index (χ0v) is 14.2. The van der Waals surface area contributed by atoms with E-state index < -0.39 is 23.1 Å². The van der Waals surface area contributed by atoms with Crippen molar-refractivity contribution in [2.45, 2.75) is 19.4 Å². The van der Waals surface area contributed by atoms with Gasteiger partial charge in [-0.3, -0.25) is 14.3 Å². The van der Waals surface area contributed by atoms with Crippen LogP contribution >= 0.6 is 0 Å². The van der Waals surface area contributed by atoms with Crippen LogP contribution in [0, 0.1) is 6.92 Å². The molecule has 1 aromatic heterocycles. The van der Waals surface area contributed by atoms with Crippen LogP contribution < -0.4 is 16.6 Å². The lowest BCUT2D eigenvalue weighted by atomic mass is 9.81. The lowest BCUT2D eigenvalue weighted by Crippen LogP contribution is -2.38. The topological polar surface area (TPSA) is 93.2 Å². The van der Waals surface area contributed by atoms with Crippen molar-refractivity contribution in [3.8, 4) is 0 Å². The Morgan fingerprint density at radius 2 is 2.08 bits per heavy atom. The van der Waals surface area contributed by atoms with Gasteiger partial charge in [0, 0.05) is 6.54 Å². The van der Waals surface area contributed by atoms with Gasteiger partial charge in [-0.15, -0.1) is 6.58 Å². The van der Waals surface area contributed by atoms with Gasteiger partial charge in [0.05, 0.1) is 22.8 Å². The van der Waals surface area contributed by atoms with Gasteiger partial charge in [-0.1, -0.05) is 30.3 Å². The van der Waals surface area contributed by atoms with Crippen LogP contribution in [-0.2, 0) is 16.1 Å². The molecule has 7 nitrogen and oxygen atoms in total. The fraction of sp³-hybridized carbons (Fsp3) is 0.211. The molecule has 0 spiro atoms. The summed E-state index contributed by atoms with van der Waals surface area (Å²) >= 11 is 0. The molecule has 3 heterocycles. The van der Waals surface area contributed by atoms with Crippen LogP contribution in [0.4, 0.5) is 5.82 Å². The van der Waals surface area contributed by atoms with E-state index in [9.17, 15) is 14.4 Å². The van der Waals surface area contributed by atoms with E-state index in [1.54, 1.807) is 6.08 Å². The van der Waals surface area contributed by atoms with Crippen molar-refractivity contribution in [2.75, 3.05) is 11.9 Å². The number of rotatable bonds is 3. The molecule has 0 saturated heterocycles. The van der Waals surface area contributed by atoms with Crippen molar-refractivity contribution in [1.82, 2.24) is 9.55 Å². The number of nitrogens with one attached hydrogen (secondary N) is 2. The highest BCUT2D eigenvalue weighted by molar-refractivity contribution is 5.97. The highest BCUT2D eigenvalue weighted by Gasteiger charge is 2.41. The van der Waals surface area contributed by atoms with Crippen LogP contribution in [-0.4, -0.2) is 22.1 Å². The van der Waals surface area contributed by atoms with E-state index in [0.29, 0.717) is 22.7 Å². The van der Waals surface area contributed by atoms with E-state index in [2.05, 4.69) is 16.9 Å². The monoisotopic (exact) mass is 351 g/mol. The second-order valence-corrected chi connectivity index (χ2v) is 6.30. The molecule has 0 radical (unpaired) electrons. The summed E-state index contributed by atoms with van der Waals surface area (Å²) in [6.07, 6.45) is 1.57. The molecule has 2 aromatic rings. The second kappa shape index (κ2) is 5.87. The van der Waals surface area contributed by atoms with Crippen LogP contribution in [0.1, 0.15) is 22.6 Å². The van der Waals surface area contributed by atoms with Gasteiger partial charge in [-0.25, -0.2) is 9.59 Å². The maximum atomic E-state index is 12.7. The molecule has 0 saturated carbocycles. The number of nitrogens with zero attached hydrogens (tertiary/aromatic N) is 1. The fourth-order valence-corrected chi connectivity index (χ4v) is 3.61. The van der Waals surface area contributed by atoms with E-state index in [1.165, 1.54) is 4.57 Å². The summed E-state index contributed by atoms with van der Waals surface area (Å²) in [6.45, 7) is 5.90. The maximum Gasteiger partial charge on any atom is 0.337 e. The number of esters is 1. The van der Waals surface area contributed by atoms with Crippen molar-refractivity contribution in [2.24, 2.45) is 0 Å². The first-order valence-electron chi connectivity index (χ1n) is 8.23. The molecule has 2 aliphatic rings. The van der Waals surface area contributed by atoms with Crippen LogP contribution in [0.3, 0.4) is 0 Å². The van der Waals surface area contributed by atoms with E-state index >= 15 is 0 Å². The number of cyclic esters (lactones) is 1. The molecule has 0 bridgehead atoms.